The van der Waals surface area contributed by atoms with Crippen molar-refractivity contribution in [2.24, 2.45) is 11.8 Å². The Balaban J connectivity index is 1.39. The van der Waals surface area contributed by atoms with Gasteiger partial charge in [0.25, 0.3) is 0 Å². The Labute approximate surface area is 203 Å². The van der Waals surface area contributed by atoms with Crippen LogP contribution >= 0.6 is 11.3 Å². The lowest BCUT2D eigenvalue weighted by atomic mass is 10.0. The number of rotatable bonds is 11. The summed E-state index contributed by atoms with van der Waals surface area (Å²) in [6, 6.07) is 12.6. The molecule has 1 amide bonds. The van der Waals surface area contributed by atoms with E-state index in [9.17, 15) is 4.79 Å². The monoisotopic (exact) mass is 469 g/mol. The van der Waals surface area contributed by atoms with E-state index in [0.29, 0.717) is 11.8 Å². The average molecular weight is 470 g/mol. The quantitative estimate of drug-likeness (QED) is 0.515. The molecule has 0 bridgehead atoms. The van der Waals surface area contributed by atoms with Gasteiger partial charge in [0, 0.05) is 49.4 Å². The highest BCUT2D eigenvalue weighted by atomic mass is 32.1. The van der Waals surface area contributed by atoms with E-state index in [4.69, 9.17) is 4.74 Å². The summed E-state index contributed by atoms with van der Waals surface area (Å²) in [5, 5.41) is 5.50. The van der Waals surface area contributed by atoms with E-state index < -0.39 is 0 Å². The van der Waals surface area contributed by atoms with Gasteiger partial charge in [0.05, 0.1) is 12.6 Å². The van der Waals surface area contributed by atoms with Crippen LogP contribution in [-0.4, -0.2) is 62.1 Å². The minimum absolute atomic E-state index is 0.00134. The molecule has 0 radical (unpaired) electrons. The predicted molar refractivity (Wildman–Crippen MR) is 136 cm³/mol. The SMILES string of the molecule is CCCC(C)COc1ccc([C@H](CN2CCN(C)CC2)NC(=O)[C@H]2C[C@@H]2c2cccs2)cc1. The van der Waals surface area contributed by atoms with Crippen LogP contribution in [0, 0.1) is 11.8 Å². The number of amides is 1. The highest BCUT2D eigenvalue weighted by Crippen LogP contribution is 2.49. The molecule has 1 aromatic heterocycles. The van der Waals surface area contributed by atoms with Gasteiger partial charge in [0.15, 0.2) is 0 Å². The Morgan fingerprint density at radius 3 is 2.61 bits per heavy atom. The molecule has 6 heteroatoms. The van der Waals surface area contributed by atoms with Crippen molar-refractivity contribution in [2.45, 2.75) is 45.1 Å². The molecule has 1 saturated carbocycles. The van der Waals surface area contributed by atoms with E-state index in [1.54, 1.807) is 11.3 Å². The van der Waals surface area contributed by atoms with E-state index in [2.05, 4.69) is 77.8 Å². The van der Waals surface area contributed by atoms with E-state index in [-0.39, 0.29) is 17.9 Å². The number of hydrogen-bond donors (Lipinski definition) is 1. The molecule has 33 heavy (non-hydrogen) atoms. The van der Waals surface area contributed by atoms with Crippen molar-refractivity contribution in [1.82, 2.24) is 15.1 Å². The molecule has 1 aliphatic heterocycles. The zero-order valence-corrected chi connectivity index (χ0v) is 21.2. The molecule has 5 nitrogen and oxygen atoms in total. The van der Waals surface area contributed by atoms with E-state index >= 15 is 0 Å². The maximum atomic E-state index is 13.1. The summed E-state index contributed by atoms with van der Waals surface area (Å²) in [5.74, 6) is 2.18. The lowest BCUT2D eigenvalue weighted by molar-refractivity contribution is -0.123. The van der Waals surface area contributed by atoms with Crippen molar-refractivity contribution in [1.29, 1.82) is 0 Å². The molecule has 1 unspecified atom stereocenters. The van der Waals surface area contributed by atoms with Crippen LogP contribution in [0.1, 0.15) is 55.5 Å². The number of carbonyl (C=O) groups excluding carboxylic acids is 1. The van der Waals surface area contributed by atoms with Crippen LogP contribution in [0.15, 0.2) is 41.8 Å². The molecule has 4 rings (SSSR count). The minimum atomic E-state index is -0.00134. The molecular formula is C27H39N3O2S. The van der Waals surface area contributed by atoms with Gasteiger partial charge in [-0.3, -0.25) is 9.69 Å². The first kappa shape index (κ1) is 24.2. The van der Waals surface area contributed by atoms with Crippen molar-refractivity contribution in [3.05, 3.63) is 52.2 Å². The molecular weight excluding hydrogens is 430 g/mol. The number of hydrogen-bond acceptors (Lipinski definition) is 5. The molecule has 1 aromatic carbocycles. The molecule has 1 N–H and O–H groups in total. The molecule has 180 valence electrons. The second-order valence-electron chi connectivity index (χ2n) is 9.90. The van der Waals surface area contributed by atoms with Crippen LogP contribution in [0.5, 0.6) is 5.75 Å². The third-order valence-electron chi connectivity index (χ3n) is 6.99. The smallest absolute Gasteiger partial charge is 0.224 e. The molecule has 2 aromatic rings. The van der Waals surface area contributed by atoms with Gasteiger partial charge < -0.3 is 15.0 Å². The lowest BCUT2D eigenvalue weighted by Gasteiger charge is -2.35. The van der Waals surface area contributed by atoms with Gasteiger partial charge in [0.2, 0.25) is 5.91 Å². The highest BCUT2D eigenvalue weighted by Gasteiger charge is 2.45. The molecule has 2 heterocycles. The topological polar surface area (TPSA) is 44.8 Å². The molecule has 2 fully saturated rings. The normalized spacial score (nSPS) is 23.1. The van der Waals surface area contributed by atoms with Gasteiger partial charge in [-0.25, -0.2) is 0 Å². The van der Waals surface area contributed by atoms with Gasteiger partial charge in [-0.2, -0.15) is 0 Å². The molecule has 1 aliphatic carbocycles. The fourth-order valence-electron chi connectivity index (χ4n) is 4.71. The molecule has 4 atom stereocenters. The summed E-state index contributed by atoms with van der Waals surface area (Å²) in [6.45, 7) is 10.3. The summed E-state index contributed by atoms with van der Waals surface area (Å²) in [4.78, 5) is 19.3. The first-order chi connectivity index (χ1) is 16.0. The van der Waals surface area contributed by atoms with Crippen molar-refractivity contribution < 1.29 is 9.53 Å². The first-order valence-electron chi connectivity index (χ1n) is 12.5. The van der Waals surface area contributed by atoms with Gasteiger partial charge >= 0.3 is 0 Å². The van der Waals surface area contributed by atoms with Gasteiger partial charge in [-0.15, -0.1) is 11.3 Å². The van der Waals surface area contributed by atoms with Crippen LogP contribution in [0.4, 0.5) is 0 Å². The third kappa shape index (κ3) is 6.81. The van der Waals surface area contributed by atoms with Crippen molar-refractivity contribution in [3.63, 3.8) is 0 Å². The minimum Gasteiger partial charge on any atom is -0.493 e. The van der Waals surface area contributed by atoms with Gasteiger partial charge in [0.1, 0.15) is 5.75 Å². The summed E-state index contributed by atoms with van der Waals surface area (Å²) in [6.07, 6.45) is 3.34. The van der Waals surface area contributed by atoms with Gasteiger partial charge in [-0.05, 0) is 54.9 Å². The van der Waals surface area contributed by atoms with Gasteiger partial charge in [-0.1, -0.05) is 38.5 Å². The van der Waals surface area contributed by atoms with Crippen molar-refractivity contribution >= 4 is 17.2 Å². The maximum absolute atomic E-state index is 13.1. The van der Waals surface area contributed by atoms with Crippen molar-refractivity contribution in [2.75, 3.05) is 46.4 Å². The van der Waals surface area contributed by atoms with E-state index in [1.807, 2.05) is 0 Å². The van der Waals surface area contributed by atoms with Crippen molar-refractivity contribution in [3.8, 4) is 5.75 Å². The Morgan fingerprint density at radius 2 is 1.94 bits per heavy atom. The number of nitrogens with one attached hydrogen (secondary N) is 1. The molecule has 0 spiro atoms. The number of likely N-dealkylation sites (N-methyl/N-ethyl adjacent to an activating group) is 1. The zero-order chi connectivity index (χ0) is 23.2. The van der Waals surface area contributed by atoms with Crippen LogP contribution in [0.2, 0.25) is 0 Å². The summed E-state index contributed by atoms with van der Waals surface area (Å²) >= 11 is 1.76. The Kier molecular flexibility index (Phi) is 8.45. The Hall–Kier alpha value is -1.89. The second-order valence-corrected chi connectivity index (χ2v) is 10.9. The van der Waals surface area contributed by atoms with Crippen LogP contribution < -0.4 is 10.1 Å². The second kappa shape index (κ2) is 11.5. The molecule has 2 aliphatic rings. The number of nitrogens with zero attached hydrogens (tertiary/aromatic N) is 2. The lowest BCUT2D eigenvalue weighted by Crippen LogP contribution is -2.48. The van der Waals surface area contributed by atoms with Crippen LogP contribution in [0.25, 0.3) is 0 Å². The molecule has 1 saturated heterocycles. The third-order valence-corrected chi connectivity index (χ3v) is 7.99. The van der Waals surface area contributed by atoms with Crippen LogP contribution in [0.3, 0.4) is 0 Å². The largest absolute Gasteiger partial charge is 0.493 e. The predicted octanol–water partition coefficient (Wildman–Crippen LogP) is 4.77. The Bertz CT molecular complexity index is 862. The maximum Gasteiger partial charge on any atom is 0.224 e. The summed E-state index contributed by atoms with van der Waals surface area (Å²) in [7, 11) is 2.18. The number of benzene rings is 1. The summed E-state index contributed by atoms with van der Waals surface area (Å²) < 4.78 is 6.00. The Morgan fingerprint density at radius 1 is 1.18 bits per heavy atom. The fourth-order valence-corrected chi connectivity index (χ4v) is 5.62. The van der Waals surface area contributed by atoms with E-state index in [0.717, 1.165) is 57.1 Å². The standard InChI is InChI=1S/C27H39N3O2S/c1-4-6-20(2)19-32-22-10-8-21(9-11-22)25(18-30-14-12-29(3)13-15-30)28-27(31)24-17-23(24)26-7-5-16-33-26/h5,7-11,16,20,23-25H,4,6,12-15,17-19H2,1-3H3,(H,28,31)/t20?,23-,24-,25-/m0/s1. The van der Waals surface area contributed by atoms with Crippen LogP contribution in [-0.2, 0) is 4.79 Å². The first-order valence-corrected chi connectivity index (χ1v) is 13.4. The summed E-state index contributed by atoms with van der Waals surface area (Å²) in [5.41, 5.74) is 1.16. The zero-order valence-electron chi connectivity index (χ0n) is 20.3. The number of thiophene rings is 1. The number of ether oxygens (including phenoxy) is 1. The average Bonchev–Trinajstić information content (AvgIpc) is 3.44. The highest BCUT2D eigenvalue weighted by molar-refractivity contribution is 7.10. The number of piperazine rings is 1. The van der Waals surface area contributed by atoms with E-state index in [1.165, 1.54) is 17.7 Å². The number of carbonyl (C=O) groups is 1. The fraction of sp³-hybridized carbons (Fsp3) is 0.593.